The van der Waals surface area contributed by atoms with Gasteiger partial charge in [0.05, 0.1) is 0 Å². The van der Waals surface area contributed by atoms with E-state index < -0.39 is 0 Å². The third-order valence-electron chi connectivity index (χ3n) is 8.73. The fourth-order valence-corrected chi connectivity index (χ4v) is 6.74. The SMILES string of the molecule is c1cc(C2CC(c3ccncc3)CC(c3ccncc3)CC(c3ccncc3)CC(c3ccncc3)C2)ccn1. The van der Waals surface area contributed by atoms with Gasteiger partial charge in [0.25, 0.3) is 0 Å². The Morgan fingerprint density at radius 3 is 0.575 bits per heavy atom. The van der Waals surface area contributed by atoms with Crippen molar-refractivity contribution in [3.63, 3.8) is 0 Å². The van der Waals surface area contributed by atoms with E-state index in [1.807, 2.05) is 62.0 Å². The summed E-state index contributed by atoms with van der Waals surface area (Å²) in [5.74, 6) is 1.98. The first-order chi connectivity index (χ1) is 19.8. The summed E-state index contributed by atoms with van der Waals surface area (Å²) >= 11 is 0. The number of hydrogen-bond acceptors (Lipinski definition) is 5. The second-order valence-corrected chi connectivity index (χ2v) is 11.1. The Bertz CT molecular complexity index is 1160. The van der Waals surface area contributed by atoms with Crippen LogP contribution in [0, 0.1) is 0 Å². The zero-order chi connectivity index (χ0) is 27.0. The quantitative estimate of drug-likeness (QED) is 0.234. The van der Waals surface area contributed by atoms with E-state index in [0.29, 0.717) is 29.6 Å². The van der Waals surface area contributed by atoms with Crippen LogP contribution < -0.4 is 0 Å². The largest absolute Gasteiger partial charge is 0.265 e. The highest BCUT2D eigenvalue weighted by Gasteiger charge is 2.32. The van der Waals surface area contributed by atoms with Gasteiger partial charge in [-0.3, -0.25) is 24.9 Å². The van der Waals surface area contributed by atoms with Crippen molar-refractivity contribution in [3.8, 4) is 0 Å². The molecule has 40 heavy (non-hydrogen) atoms. The fourth-order valence-electron chi connectivity index (χ4n) is 6.74. The Morgan fingerprint density at radius 1 is 0.275 bits per heavy atom. The lowest BCUT2D eigenvalue weighted by Crippen LogP contribution is -2.20. The molecular formula is C35H35N5. The van der Waals surface area contributed by atoms with Gasteiger partial charge in [0.1, 0.15) is 0 Å². The van der Waals surface area contributed by atoms with Gasteiger partial charge in [0.2, 0.25) is 0 Å². The van der Waals surface area contributed by atoms with Gasteiger partial charge < -0.3 is 0 Å². The molecule has 6 rings (SSSR count). The van der Waals surface area contributed by atoms with Crippen LogP contribution in [0.4, 0.5) is 0 Å². The lowest BCUT2D eigenvalue weighted by molar-refractivity contribution is 0.351. The smallest absolute Gasteiger partial charge is 0.0270 e. The van der Waals surface area contributed by atoms with Crippen molar-refractivity contribution in [3.05, 3.63) is 150 Å². The van der Waals surface area contributed by atoms with Crippen LogP contribution in [0.2, 0.25) is 0 Å². The molecule has 5 aromatic rings. The third-order valence-corrected chi connectivity index (χ3v) is 8.73. The van der Waals surface area contributed by atoms with E-state index in [1.54, 1.807) is 0 Å². The van der Waals surface area contributed by atoms with Gasteiger partial charge in [-0.2, -0.15) is 0 Å². The zero-order valence-corrected chi connectivity index (χ0v) is 22.7. The van der Waals surface area contributed by atoms with Gasteiger partial charge in [-0.1, -0.05) is 0 Å². The molecule has 5 nitrogen and oxygen atoms in total. The first-order valence-corrected chi connectivity index (χ1v) is 14.3. The molecule has 200 valence electrons. The van der Waals surface area contributed by atoms with Crippen molar-refractivity contribution in [2.45, 2.75) is 61.7 Å². The topological polar surface area (TPSA) is 64.5 Å². The molecule has 0 aromatic carbocycles. The molecule has 0 radical (unpaired) electrons. The maximum Gasteiger partial charge on any atom is 0.0270 e. The minimum absolute atomic E-state index is 0.397. The third kappa shape index (κ3) is 6.31. The molecular weight excluding hydrogens is 490 g/mol. The Balaban J connectivity index is 1.48. The summed E-state index contributed by atoms with van der Waals surface area (Å²) < 4.78 is 0. The maximum atomic E-state index is 4.35. The number of rotatable bonds is 5. The Morgan fingerprint density at radius 2 is 0.425 bits per heavy atom. The maximum absolute atomic E-state index is 4.35. The van der Waals surface area contributed by atoms with Crippen molar-refractivity contribution < 1.29 is 0 Å². The van der Waals surface area contributed by atoms with Gasteiger partial charge in [-0.15, -0.1) is 0 Å². The average Bonchev–Trinajstić information content (AvgIpc) is 3.04. The minimum atomic E-state index is 0.397. The summed E-state index contributed by atoms with van der Waals surface area (Å²) in [7, 11) is 0. The molecule has 1 saturated carbocycles. The van der Waals surface area contributed by atoms with Crippen LogP contribution >= 0.6 is 0 Å². The standard InChI is InChI=1S/C35H35N5/c1-11-36-12-2-26(1)31-21-32(27-3-13-37-14-4-27)23-34(29-7-17-39-18-8-29)25-35(30-9-19-40-20-10-30)24-33(22-31)28-5-15-38-16-6-28/h1-20,31-35H,21-25H2. The van der Waals surface area contributed by atoms with Crippen molar-refractivity contribution >= 4 is 0 Å². The normalized spacial score (nSPS) is 23.8. The van der Waals surface area contributed by atoms with Gasteiger partial charge in [0, 0.05) is 62.0 Å². The van der Waals surface area contributed by atoms with Gasteiger partial charge in [0.15, 0.2) is 0 Å². The molecule has 0 bridgehead atoms. The summed E-state index contributed by atoms with van der Waals surface area (Å²) in [4.78, 5) is 21.7. The van der Waals surface area contributed by atoms with E-state index in [4.69, 9.17) is 0 Å². The highest BCUT2D eigenvalue weighted by atomic mass is 14.6. The van der Waals surface area contributed by atoms with Crippen molar-refractivity contribution in [2.75, 3.05) is 0 Å². The van der Waals surface area contributed by atoms with Gasteiger partial charge in [-0.05, 0) is 150 Å². The predicted octanol–water partition coefficient (Wildman–Crippen LogP) is 7.84. The molecule has 5 heteroatoms. The van der Waals surface area contributed by atoms with Crippen LogP contribution in [-0.2, 0) is 0 Å². The molecule has 1 aliphatic carbocycles. The molecule has 0 spiro atoms. The molecule has 0 amide bonds. The molecule has 0 aliphatic heterocycles. The number of pyridine rings is 5. The summed E-state index contributed by atoms with van der Waals surface area (Å²) in [5.41, 5.74) is 6.85. The van der Waals surface area contributed by atoms with Gasteiger partial charge >= 0.3 is 0 Å². The minimum Gasteiger partial charge on any atom is -0.265 e. The monoisotopic (exact) mass is 525 g/mol. The average molecular weight is 526 g/mol. The van der Waals surface area contributed by atoms with Crippen LogP contribution in [0.5, 0.6) is 0 Å². The van der Waals surface area contributed by atoms with Crippen LogP contribution in [-0.4, -0.2) is 24.9 Å². The molecule has 5 heterocycles. The number of hydrogen-bond donors (Lipinski definition) is 0. The predicted molar refractivity (Wildman–Crippen MR) is 158 cm³/mol. The van der Waals surface area contributed by atoms with Crippen LogP contribution in [0.25, 0.3) is 0 Å². The second-order valence-electron chi connectivity index (χ2n) is 11.1. The lowest BCUT2D eigenvalue weighted by Gasteiger charge is -2.36. The van der Waals surface area contributed by atoms with E-state index in [-0.39, 0.29) is 0 Å². The first-order valence-electron chi connectivity index (χ1n) is 14.3. The van der Waals surface area contributed by atoms with E-state index in [1.165, 1.54) is 27.8 Å². The van der Waals surface area contributed by atoms with Crippen LogP contribution in [0.1, 0.15) is 89.5 Å². The van der Waals surface area contributed by atoms with Crippen molar-refractivity contribution in [1.82, 2.24) is 24.9 Å². The van der Waals surface area contributed by atoms with E-state index in [0.717, 1.165) is 32.1 Å². The summed E-state index contributed by atoms with van der Waals surface area (Å²) in [6.07, 6.45) is 24.8. The molecule has 5 aromatic heterocycles. The molecule has 0 unspecified atom stereocenters. The van der Waals surface area contributed by atoms with E-state index in [2.05, 4.69) is 85.6 Å². The highest BCUT2D eigenvalue weighted by Crippen LogP contribution is 2.48. The number of aromatic nitrogens is 5. The van der Waals surface area contributed by atoms with Crippen molar-refractivity contribution in [2.24, 2.45) is 0 Å². The van der Waals surface area contributed by atoms with Crippen molar-refractivity contribution in [1.29, 1.82) is 0 Å². The Hall–Kier alpha value is -4.25. The fraction of sp³-hybridized carbons (Fsp3) is 0.286. The summed E-state index contributed by atoms with van der Waals surface area (Å²) in [6, 6.07) is 22.1. The second kappa shape index (κ2) is 12.7. The van der Waals surface area contributed by atoms with E-state index >= 15 is 0 Å². The van der Waals surface area contributed by atoms with Crippen LogP contribution in [0.15, 0.2) is 123 Å². The first kappa shape index (κ1) is 26.0. The van der Waals surface area contributed by atoms with E-state index in [9.17, 15) is 0 Å². The summed E-state index contributed by atoms with van der Waals surface area (Å²) in [5, 5.41) is 0. The Labute approximate surface area is 236 Å². The number of nitrogens with zero attached hydrogens (tertiary/aromatic N) is 5. The molecule has 0 saturated heterocycles. The molecule has 0 N–H and O–H groups in total. The molecule has 1 aliphatic rings. The van der Waals surface area contributed by atoms with Crippen LogP contribution in [0.3, 0.4) is 0 Å². The van der Waals surface area contributed by atoms with Gasteiger partial charge in [-0.25, -0.2) is 0 Å². The molecule has 0 atom stereocenters. The zero-order valence-electron chi connectivity index (χ0n) is 22.7. The lowest BCUT2D eigenvalue weighted by atomic mass is 9.69. The molecule has 1 fully saturated rings. The highest BCUT2D eigenvalue weighted by molar-refractivity contribution is 5.28. The Kier molecular flexibility index (Phi) is 8.28. The summed E-state index contributed by atoms with van der Waals surface area (Å²) in [6.45, 7) is 0.